The van der Waals surface area contributed by atoms with E-state index in [-0.39, 0.29) is 29.6 Å². The Morgan fingerprint density at radius 1 is 1.50 bits per heavy atom. The number of aromatic nitrogens is 2. The molecule has 5 N–H and O–H groups in total. The fourth-order valence-electron chi connectivity index (χ4n) is 1.40. The van der Waals surface area contributed by atoms with Crippen LogP contribution in [0.25, 0.3) is 0 Å². The number of nitrogen functional groups attached to an aromatic ring is 1. The molecule has 0 atom stereocenters. The molecule has 0 unspecified atom stereocenters. The van der Waals surface area contributed by atoms with Gasteiger partial charge in [-0.3, -0.25) is 14.9 Å². The van der Waals surface area contributed by atoms with Gasteiger partial charge in [-0.25, -0.2) is 4.98 Å². The maximum atomic E-state index is 10.9. The van der Waals surface area contributed by atoms with E-state index >= 15 is 0 Å². The number of nitrogens with two attached hydrogens (primary N) is 2. The molecule has 0 aliphatic rings. The minimum absolute atomic E-state index is 0.0458. The molecule has 0 aliphatic carbocycles. The van der Waals surface area contributed by atoms with Crippen LogP contribution in [-0.2, 0) is 4.79 Å². The van der Waals surface area contributed by atoms with Gasteiger partial charge in [0.1, 0.15) is 5.69 Å². The minimum atomic E-state index is -0.578. The summed E-state index contributed by atoms with van der Waals surface area (Å²) in [6.07, 6.45) is 0.649. The molecule has 0 fully saturated rings. The van der Waals surface area contributed by atoms with E-state index in [0.717, 1.165) is 0 Å². The number of aryl methyl sites for hydroxylation is 1. The average molecular weight is 254 g/mol. The normalized spacial score (nSPS) is 10.1. The molecule has 0 saturated carbocycles. The Hall–Kier alpha value is -2.45. The number of rotatable bonds is 6. The first kappa shape index (κ1) is 13.6. The van der Waals surface area contributed by atoms with Crippen molar-refractivity contribution in [3.8, 4) is 0 Å². The van der Waals surface area contributed by atoms with Gasteiger partial charge in [0.15, 0.2) is 0 Å². The van der Waals surface area contributed by atoms with Gasteiger partial charge in [-0.05, 0) is 13.3 Å². The molecule has 0 saturated heterocycles. The fourth-order valence-corrected chi connectivity index (χ4v) is 1.40. The van der Waals surface area contributed by atoms with Crippen LogP contribution in [0, 0.1) is 17.0 Å². The lowest BCUT2D eigenvalue weighted by atomic mass is 10.3. The van der Waals surface area contributed by atoms with Gasteiger partial charge in [0, 0.05) is 13.0 Å². The molecule has 9 heteroatoms. The molecule has 0 aliphatic heterocycles. The van der Waals surface area contributed by atoms with Crippen LogP contribution in [0.5, 0.6) is 0 Å². The topological polar surface area (TPSA) is 150 Å². The maximum absolute atomic E-state index is 10.9. The van der Waals surface area contributed by atoms with E-state index < -0.39 is 10.8 Å². The first-order valence-electron chi connectivity index (χ1n) is 5.22. The van der Waals surface area contributed by atoms with Crippen LogP contribution < -0.4 is 16.8 Å². The number of amides is 1. The van der Waals surface area contributed by atoms with Gasteiger partial charge in [0.25, 0.3) is 0 Å². The maximum Gasteiger partial charge on any atom is 0.332 e. The van der Waals surface area contributed by atoms with Crippen LogP contribution in [0.15, 0.2) is 0 Å². The van der Waals surface area contributed by atoms with Crippen molar-refractivity contribution in [2.45, 2.75) is 19.8 Å². The van der Waals surface area contributed by atoms with Crippen LogP contribution in [0.1, 0.15) is 18.5 Å². The lowest BCUT2D eigenvalue weighted by Gasteiger charge is -2.07. The number of nitrogens with one attached hydrogen (secondary N) is 1. The Morgan fingerprint density at radius 3 is 2.72 bits per heavy atom. The Labute approximate surface area is 103 Å². The number of primary amides is 1. The lowest BCUT2D eigenvalue weighted by Crippen LogP contribution is -2.14. The summed E-state index contributed by atoms with van der Waals surface area (Å²) in [7, 11) is 0. The van der Waals surface area contributed by atoms with Crippen molar-refractivity contribution < 1.29 is 9.72 Å². The molecule has 1 aromatic rings. The van der Waals surface area contributed by atoms with Crippen molar-refractivity contribution in [2.75, 3.05) is 17.6 Å². The van der Waals surface area contributed by atoms with Crippen molar-refractivity contribution in [3.63, 3.8) is 0 Å². The third kappa shape index (κ3) is 3.54. The van der Waals surface area contributed by atoms with Crippen molar-refractivity contribution in [2.24, 2.45) is 5.73 Å². The molecule has 0 aromatic carbocycles. The highest BCUT2D eigenvalue weighted by atomic mass is 16.6. The number of carbonyl (C=O) groups excluding carboxylic acids is 1. The summed E-state index contributed by atoms with van der Waals surface area (Å²) in [4.78, 5) is 28.3. The van der Waals surface area contributed by atoms with E-state index in [4.69, 9.17) is 11.5 Å². The number of nitro groups is 1. The summed E-state index contributed by atoms with van der Waals surface area (Å²) in [6, 6.07) is 0. The molecule has 1 heterocycles. The van der Waals surface area contributed by atoms with E-state index in [0.29, 0.717) is 13.0 Å². The number of carbonyl (C=O) groups is 1. The molecule has 1 amide bonds. The molecule has 18 heavy (non-hydrogen) atoms. The number of hydrogen-bond acceptors (Lipinski definition) is 7. The highest BCUT2D eigenvalue weighted by molar-refractivity contribution is 5.73. The molecule has 0 spiro atoms. The summed E-state index contributed by atoms with van der Waals surface area (Å²) in [5.74, 6) is -0.422. The second kappa shape index (κ2) is 5.75. The first-order valence-corrected chi connectivity index (χ1v) is 5.22. The van der Waals surface area contributed by atoms with Gasteiger partial charge in [-0.1, -0.05) is 0 Å². The minimum Gasteiger partial charge on any atom is -0.370 e. The number of anilines is 2. The van der Waals surface area contributed by atoms with E-state index in [1.807, 2.05) is 0 Å². The standard InChI is InChI=1S/C9H14N6O3/c1-5-7(15(17)18)8(14-9(11)13-5)12-4-2-3-6(10)16/h2-4H2,1H3,(H2,10,16)(H3,11,12,13,14). The van der Waals surface area contributed by atoms with Gasteiger partial charge >= 0.3 is 5.69 Å². The van der Waals surface area contributed by atoms with Gasteiger partial charge in [0.2, 0.25) is 17.7 Å². The SMILES string of the molecule is Cc1nc(N)nc(NCCCC(N)=O)c1[N+](=O)[O-]. The summed E-state index contributed by atoms with van der Waals surface area (Å²) >= 11 is 0. The van der Waals surface area contributed by atoms with Gasteiger partial charge in [-0.15, -0.1) is 0 Å². The van der Waals surface area contributed by atoms with Gasteiger partial charge < -0.3 is 16.8 Å². The van der Waals surface area contributed by atoms with Crippen LogP contribution >= 0.6 is 0 Å². The van der Waals surface area contributed by atoms with Crippen LogP contribution in [0.4, 0.5) is 17.5 Å². The van der Waals surface area contributed by atoms with Crippen LogP contribution in [0.2, 0.25) is 0 Å². The van der Waals surface area contributed by atoms with Crippen molar-refractivity contribution >= 4 is 23.4 Å². The fraction of sp³-hybridized carbons (Fsp3) is 0.444. The largest absolute Gasteiger partial charge is 0.370 e. The van der Waals surface area contributed by atoms with Crippen molar-refractivity contribution in [1.82, 2.24) is 9.97 Å². The van der Waals surface area contributed by atoms with E-state index in [2.05, 4.69) is 15.3 Å². The highest BCUT2D eigenvalue weighted by Gasteiger charge is 2.20. The first-order chi connectivity index (χ1) is 8.41. The molecule has 1 rings (SSSR count). The summed E-state index contributed by atoms with van der Waals surface area (Å²) in [5.41, 5.74) is 10.4. The smallest absolute Gasteiger partial charge is 0.332 e. The Balaban J connectivity index is 2.80. The quantitative estimate of drug-likeness (QED) is 0.366. The molecule has 0 bridgehead atoms. The van der Waals surface area contributed by atoms with Crippen LogP contribution in [0.3, 0.4) is 0 Å². The lowest BCUT2D eigenvalue weighted by molar-refractivity contribution is -0.385. The van der Waals surface area contributed by atoms with Crippen molar-refractivity contribution in [3.05, 3.63) is 15.8 Å². The molecule has 98 valence electrons. The summed E-state index contributed by atoms with van der Waals surface area (Å²) < 4.78 is 0. The zero-order valence-corrected chi connectivity index (χ0v) is 9.84. The predicted molar refractivity (Wildman–Crippen MR) is 64.8 cm³/mol. The highest BCUT2D eigenvalue weighted by Crippen LogP contribution is 2.25. The number of hydrogen-bond donors (Lipinski definition) is 3. The van der Waals surface area contributed by atoms with E-state index in [9.17, 15) is 14.9 Å². The van der Waals surface area contributed by atoms with Crippen LogP contribution in [-0.4, -0.2) is 27.3 Å². The van der Waals surface area contributed by atoms with Gasteiger partial charge in [-0.2, -0.15) is 4.98 Å². The Kier molecular flexibility index (Phi) is 4.35. The van der Waals surface area contributed by atoms with Crippen molar-refractivity contribution in [1.29, 1.82) is 0 Å². The zero-order valence-electron chi connectivity index (χ0n) is 9.84. The monoisotopic (exact) mass is 254 g/mol. The number of nitrogens with zero attached hydrogens (tertiary/aromatic N) is 3. The third-order valence-corrected chi connectivity index (χ3v) is 2.15. The van der Waals surface area contributed by atoms with Gasteiger partial charge in [0.05, 0.1) is 4.92 Å². The predicted octanol–water partition coefficient (Wildman–Crippen LogP) is -0.0472. The molecular weight excluding hydrogens is 240 g/mol. The molecule has 9 nitrogen and oxygen atoms in total. The summed E-state index contributed by atoms with van der Waals surface area (Å²) in [6.45, 7) is 1.81. The van der Waals surface area contributed by atoms with E-state index in [1.165, 1.54) is 6.92 Å². The Bertz CT molecular complexity index is 476. The average Bonchev–Trinajstić information content (AvgIpc) is 2.22. The second-order valence-electron chi connectivity index (χ2n) is 3.62. The molecule has 0 radical (unpaired) electrons. The Morgan fingerprint density at radius 2 is 2.17 bits per heavy atom. The second-order valence-corrected chi connectivity index (χ2v) is 3.62. The van der Waals surface area contributed by atoms with E-state index in [1.54, 1.807) is 0 Å². The summed E-state index contributed by atoms with van der Waals surface area (Å²) in [5, 5.41) is 13.6. The third-order valence-electron chi connectivity index (χ3n) is 2.15. The zero-order chi connectivity index (χ0) is 13.7. The molecule has 1 aromatic heterocycles. The molecular formula is C9H14N6O3.